The number of halogens is 3. The van der Waals surface area contributed by atoms with Crippen molar-refractivity contribution in [3.05, 3.63) is 58.7 Å². The maximum atomic E-state index is 13.5. The first-order valence-electron chi connectivity index (χ1n) is 6.94. The summed E-state index contributed by atoms with van der Waals surface area (Å²) < 4.78 is 69.6. The quantitative estimate of drug-likeness (QED) is 0.833. The Bertz CT molecular complexity index is 999. The zero-order chi connectivity index (χ0) is 18.4. The molecule has 9 heteroatoms. The topological polar surface area (TPSA) is 68.0 Å². The van der Waals surface area contributed by atoms with E-state index in [1.165, 1.54) is 0 Å². The van der Waals surface area contributed by atoms with Crippen molar-refractivity contribution in [2.75, 3.05) is 5.75 Å². The van der Waals surface area contributed by atoms with Crippen LogP contribution in [0, 0.1) is 12.4 Å². The third-order valence-corrected chi connectivity index (χ3v) is 5.46. The van der Waals surface area contributed by atoms with E-state index in [0.717, 1.165) is 30.3 Å². The molecule has 0 saturated heterocycles. The smallest absolute Gasteiger partial charge is 0.267 e. The molecule has 25 heavy (non-hydrogen) atoms. The van der Waals surface area contributed by atoms with Crippen LogP contribution in [0.3, 0.4) is 0 Å². The van der Waals surface area contributed by atoms with Gasteiger partial charge in [-0.05, 0) is 24.3 Å². The molecular weight excluding hydrogens is 359 g/mol. The maximum absolute atomic E-state index is 13.5. The van der Waals surface area contributed by atoms with Crippen molar-refractivity contribution in [2.24, 2.45) is 0 Å². The van der Waals surface area contributed by atoms with E-state index in [1.807, 2.05) is 0 Å². The number of benzene rings is 2. The van der Waals surface area contributed by atoms with E-state index in [0.29, 0.717) is 0 Å². The lowest BCUT2D eigenvalue weighted by atomic mass is 10.0. The van der Waals surface area contributed by atoms with Crippen LogP contribution in [-0.4, -0.2) is 19.3 Å². The third kappa shape index (κ3) is 3.06. The van der Waals surface area contributed by atoms with Gasteiger partial charge in [-0.25, -0.2) is 26.4 Å². The molecule has 1 unspecified atom stereocenters. The van der Waals surface area contributed by atoms with Crippen LogP contribution in [0.4, 0.5) is 18.9 Å². The molecular formula is C16H10F3NO4S. The summed E-state index contributed by atoms with van der Waals surface area (Å²) in [5.74, 6) is -2.08. The van der Waals surface area contributed by atoms with Crippen molar-refractivity contribution >= 4 is 15.5 Å². The predicted molar refractivity (Wildman–Crippen MR) is 81.1 cm³/mol. The number of rotatable bonds is 3. The van der Waals surface area contributed by atoms with Crippen molar-refractivity contribution in [3.8, 4) is 11.5 Å². The average Bonchev–Trinajstić information content (AvgIpc) is 2.75. The fraction of sp³-hybridized carbons (Fsp3) is 0.188. The Kier molecular flexibility index (Phi) is 4.18. The first kappa shape index (κ1) is 17.3. The van der Waals surface area contributed by atoms with Crippen LogP contribution in [0.5, 0.6) is 11.5 Å². The van der Waals surface area contributed by atoms with Crippen molar-refractivity contribution < 1.29 is 31.4 Å². The normalized spacial score (nSPS) is 18.0. The minimum Gasteiger partial charge on any atom is -0.458 e. The number of nitrogens with zero attached hydrogens (tertiary/aromatic N) is 1. The lowest BCUT2D eigenvalue weighted by molar-refractivity contribution is 0.137. The van der Waals surface area contributed by atoms with Crippen LogP contribution in [0.15, 0.2) is 35.2 Å². The molecule has 2 aromatic carbocycles. The van der Waals surface area contributed by atoms with Crippen molar-refractivity contribution in [3.63, 3.8) is 0 Å². The molecule has 1 aliphatic rings. The summed E-state index contributed by atoms with van der Waals surface area (Å²) in [6.07, 6.45) is -4.72. The summed E-state index contributed by atoms with van der Waals surface area (Å²) >= 11 is 0. The fourth-order valence-electron chi connectivity index (χ4n) is 2.70. The van der Waals surface area contributed by atoms with Gasteiger partial charge < -0.3 is 9.84 Å². The molecule has 1 atom stereocenters. The maximum Gasteiger partial charge on any atom is 0.267 e. The van der Waals surface area contributed by atoms with Gasteiger partial charge in [0, 0.05) is 11.6 Å². The third-order valence-electron chi connectivity index (χ3n) is 3.68. The Hall–Kier alpha value is -2.57. The van der Waals surface area contributed by atoms with Gasteiger partial charge in [0.05, 0.1) is 28.9 Å². The van der Waals surface area contributed by atoms with Crippen molar-refractivity contribution in [1.82, 2.24) is 0 Å². The van der Waals surface area contributed by atoms with E-state index in [9.17, 15) is 26.7 Å². The summed E-state index contributed by atoms with van der Waals surface area (Å²) in [7, 11) is -3.86. The zero-order valence-corrected chi connectivity index (χ0v) is 13.2. The predicted octanol–water partition coefficient (Wildman–Crippen LogP) is 3.93. The van der Waals surface area contributed by atoms with Crippen LogP contribution in [-0.2, 0) is 9.84 Å². The fourth-order valence-corrected chi connectivity index (χ4v) is 4.32. The van der Waals surface area contributed by atoms with Gasteiger partial charge >= 0.3 is 0 Å². The number of aliphatic hydroxyl groups excluding tert-OH is 1. The summed E-state index contributed by atoms with van der Waals surface area (Å²) in [4.78, 5) is 2.67. The summed E-state index contributed by atoms with van der Waals surface area (Å²) in [6, 6.07) is 5.11. The second-order valence-electron chi connectivity index (χ2n) is 5.35. The van der Waals surface area contributed by atoms with Crippen molar-refractivity contribution in [2.45, 2.75) is 17.4 Å². The van der Waals surface area contributed by atoms with Gasteiger partial charge in [0.2, 0.25) is 0 Å². The standard InChI is InChI=1S/C16H10F3NO4S/c1-20-9-4-8(17)5-10(6-9)24-12-2-3-13-14(15(12)16(18)19)11(21)7-25(13,22)23/h2-6,11,16,21H,7H2. The zero-order valence-electron chi connectivity index (χ0n) is 12.4. The average molecular weight is 369 g/mol. The number of hydrogen-bond donors (Lipinski definition) is 1. The second kappa shape index (κ2) is 6.06. The van der Waals surface area contributed by atoms with E-state index >= 15 is 0 Å². The Morgan fingerprint density at radius 1 is 1.28 bits per heavy atom. The highest BCUT2D eigenvalue weighted by atomic mass is 32.2. The van der Waals surface area contributed by atoms with Gasteiger partial charge in [-0.2, -0.15) is 0 Å². The number of aliphatic hydroxyl groups is 1. The molecule has 0 aromatic heterocycles. The first-order valence-corrected chi connectivity index (χ1v) is 8.60. The molecule has 0 saturated carbocycles. The highest BCUT2D eigenvalue weighted by Gasteiger charge is 2.39. The van der Waals surface area contributed by atoms with Crippen LogP contribution in [0.2, 0.25) is 0 Å². The van der Waals surface area contributed by atoms with Gasteiger partial charge in [0.25, 0.3) is 6.43 Å². The molecule has 0 spiro atoms. The van der Waals surface area contributed by atoms with E-state index in [4.69, 9.17) is 11.3 Å². The SMILES string of the molecule is [C-]#[N+]c1cc(F)cc(Oc2ccc3c(c2C(F)F)C(O)CS3(=O)=O)c1. The number of alkyl halides is 2. The van der Waals surface area contributed by atoms with Gasteiger partial charge in [0.15, 0.2) is 15.5 Å². The number of hydrogen-bond acceptors (Lipinski definition) is 4. The second-order valence-corrected chi connectivity index (χ2v) is 7.35. The summed E-state index contributed by atoms with van der Waals surface area (Å²) in [5, 5.41) is 9.90. The Morgan fingerprint density at radius 3 is 2.64 bits per heavy atom. The van der Waals surface area contributed by atoms with E-state index < -0.39 is 50.8 Å². The highest BCUT2D eigenvalue weighted by molar-refractivity contribution is 7.91. The highest BCUT2D eigenvalue weighted by Crippen LogP contribution is 2.45. The molecule has 1 heterocycles. The van der Waals surface area contributed by atoms with Gasteiger partial charge in [-0.1, -0.05) is 0 Å². The molecule has 0 aliphatic carbocycles. The van der Waals surface area contributed by atoms with E-state index in [-0.39, 0.29) is 16.3 Å². The molecule has 1 N–H and O–H groups in total. The van der Waals surface area contributed by atoms with Gasteiger partial charge in [-0.3, -0.25) is 0 Å². The molecule has 0 amide bonds. The summed E-state index contributed by atoms with van der Waals surface area (Å²) in [6.45, 7) is 6.88. The molecule has 2 aromatic rings. The number of ether oxygens (including phenoxy) is 1. The van der Waals surface area contributed by atoms with Gasteiger partial charge in [0.1, 0.15) is 17.3 Å². The molecule has 0 fully saturated rings. The summed E-state index contributed by atoms with van der Waals surface area (Å²) in [5.41, 5.74) is -1.26. The number of fused-ring (bicyclic) bond motifs is 1. The van der Waals surface area contributed by atoms with Crippen LogP contribution in [0.25, 0.3) is 4.85 Å². The molecule has 0 bridgehead atoms. The molecule has 130 valence electrons. The molecule has 5 nitrogen and oxygen atoms in total. The molecule has 3 rings (SSSR count). The van der Waals surface area contributed by atoms with Gasteiger partial charge in [-0.15, -0.1) is 0 Å². The Labute approximate surface area is 141 Å². The minimum absolute atomic E-state index is 0.0858. The van der Waals surface area contributed by atoms with E-state index in [2.05, 4.69) is 4.85 Å². The molecule has 0 radical (unpaired) electrons. The minimum atomic E-state index is -3.86. The molecule has 1 aliphatic heterocycles. The number of sulfone groups is 1. The van der Waals surface area contributed by atoms with Crippen LogP contribution < -0.4 is 4.74 Å². The lowest BCUT2D eigenvalue weighted by Gasteiger charge is -2.16. The Balaban J connectivity index is 2.14. The lowest BCUT2D eigenvalue weighted by Crippen LogP contribution is -2.03. The van der Waals surface area contributed by atoms with Crippen LogP contribution >= 0.6 is 0 Å². The van der Waals surface area contributed by atoms with Crippen molar-refractivity contribution in [1.29, 1.82) is 0 Å². The first-order chi connectivity index (χ1) is 11.7. The Morgan fingerprint density at radius 2 is 2.00 bits per heavy atom. The van der Waals surface area contributed by atoms with Crippen LogP contribution in [0.1, 0.15) is 23.7 Å². The monoisotopic (exact) mass is 369 g/mol. The largest absolute Gasteiger partial charge is 0.458 e. The van der Waals surface area contributed by atoms with E-state index in [1.54, 1.807) is 0 Å².